The number of rotatable bonds is 7. The Labute approximate surface area is 129 Å². The largest absolute Gasteiger partial charge is 0.480 e. The molecule has 0 fully saturated rings. The second-order valence-corrected chi connectivity index (χ2v) is 6.70. The van der Waals surface area contributed by atoms with Crippen LogP contribution in [-0.4, -0.2) is 22.6 Å². The molecule has 5 nitrogen and oxygen atoms in total. The Morgan fingerprint density at radius 3 is 2.52 bits per heavy atom. The summed E-state index contributed by atoms with van der Waals surface area (Å²) >= 11 is 1.58. The lowest BCUT2D eigenvalue weighted by molar-refractivity contribution is -0.144. The molecule has 2 amide bonds. The minimum atomic E-state index is -1.24. The number of aliphatic carboxylic acids is 1. The minimum absolute atomic E-state index is 0.121. The summed E-state index contributed by atoms with van der Waals surface area (Å²) in [6.07, 6.45) is 1.07. The van der Waals surface area contributed by atoms with E-state index >= 15 is 0 Å². The van der Waals surface area contributed by atoms with Crippen molar-refractivity contribution in [3.05, 3.63) is 22.4 Å². The molecule has 3 N–H and O–H groups in total. The number of nitrogens with one attached hydrogen (secondary N) is 2. The molecule has 0 aliphatic rings. The summed E-state index contributed by atoms with van der Waals surface area (Å²) < 4.78 is 0. The Morgan fingerprint density at radius 2 is 2.10 bits per heavy atom. The number of thiophene rings is 1. The van der Waals surface area contributed by atoms with E-state index in [9.17, 15) is 14.7 Å². The highest BCUT2D eigenvalue weighted by molar-refractivity contribution is 7.10. The van der Waals surface area contributed by atoms with Gasteiger partial charge in [-0.1, -0.05) is 33.3 Å². The van der Waals surface area contributed by atoms with Gasteiger partial charge in [0, 0.05) is 4.88 Å². The summed E-state index contributed by atoms with van der Waals surface area (Å²) in [6.45, 7) is 7.47. The van der Waals surface area contributed by atoms with Crippen LogP contribution in [0.4, 0.5) is 4.79 Å². The van der Waals surface area contributed by atoms with Crippen molar-refractivity contribution in [3.8, 4) is 0 Å². The number of carbonyl (C=O) groups is 2. The van der Waals surface area contributed by atoms with Gasteiger partial charge in [0.1, 0.15) is 5.54 Å². The Balaban J connectivity index is 2.76. The molecule has 6 heteroatoms. The molecule has 1 heterocycles. The van der Waals surface area contributed by atoms with Crippen molar-refractivity contribution >= 4 is 23.3 Å². The first-order valence-corrected chi connectivity index (χ1v) is 8.03. The van der Waals surface area contributed by atoms with E-state index < -0.39 is 17.5 Å². The fourth-order valence-corrected chi connectivity index (χ4v) is 3.13. The van der Waals surface area contributed by atoms with Gasteiger partial charge in [0.2, 0.25) is 0 Å². The smallest absolute Gasteiger partial charge is 0.329 e. The number of carboxylic acids is 1. The van der Waals surface area contributed by atoms with E-state index in [0.29, 0.717) is 12.8 Å². The molecular weight excluding hydrogens is 288 g/mol. The number of carbonyl (C=O) groups excluding carboxylic acids is 1. The first-order chi connectivity index (χ1) is 9.80. The second kappa shape index (κ2) is 7.45. The molecule has 1 rings (SSSR count). The van der Waals surface area contributed by atoms with Crippen molar-refractivity contribution in [1.82, 2.24) is 10.6 Å². The highest BCUT2D eigenvalue weighted by Gasteiger charge is 2.34. The lowest BCUT2D eigenvalue weighted by Gasteiger charge is -2.28. The summed E-state index contributed by atoms with van der Waals surface area (Å²) in [5.74, 6) is -0.798. The van der Waals surface area contributed by atoms with E-state index in [0.717, 1.165) is 4.88 Å². The quantitative estimate of drug-likeness (QED) is 0.722. The zero-order chi connectivity index (χ0) is 16.0. The van der Waals surface area contributed by atoms with Crippen LogP contribution >= 0.6 is 11.3 Å². The van der Waals surface area contributed by atoms with Crippen LogP contribution in [0.3, 0.4) is 0 Å². The molecule has 0 saturated carbocycles. The van der Waals surface area contributed by atoms with Crippen LogP contribution in [0.25, 0.3) is 0 Å². The first-order valence-electron chi connectivity index (χ1n) is 7.15. The summed E-state index contributed by atoms with van der Waals surface area (Å²) in [5.41, 5.74) is -1.24. The number of carboxylic acid groups (broad SMARTS) is 1. The monoisotopic (exact) mass is 312 g/mol. The highest BCUT2D eigenvalue weighted by Crippen LogP contribution is 2.25. The lowest BCUT2D eigenvalue weighted by atomic mass is 9.96. The SMILES string of the molecule is CCCC(C)(NC(=O)NC(c1cccs1)C(C)C)C(=O)O. The van der Waals surface area contributed by atoms with Crippen molar-refractivity contribution in [1.29, 1.82) is 0 Å². The maximum Gasteiger partial charge on any atom is 0.329 e. The molecule has 21 heavy (non-hydrogen) atoms. The molecule has 118 valence electrons. The molecule has 0 saturated heterocycles. The topological polar surface area (TPSA) is 78.4 Å². The maximum absolute atomic E-state index is 12.2. The molecule has 0 aliphatic heterocycles. The second-order valence-electron chi connectivity index (χ2n) is 5.72. The van der Waals surface area contributed by atoms with Gasteiger partial charge in [0.05, 0.1) is 6.04 Å². The number of hydrogen-bond acceptors (Lipinski definition) is 3. The number of hydrogen-bond donors (Lipinski definition) is 3. The normalized spacial score (nSPS) is 15.3. The van der Waals surface area contributed by atoms with Crippen LogP contribution in [0.2, 0.25) is 0 Å². The Morgan fingerprint density at radius 1 is 1.43 bits per heavy atom. The van der Waals surface area contributed by atoms with Crippen molar-refractivity contribution in [3.63, 3.8) is 0 Å². The van der Waals surface area contributed by atoms with Gasteiger partial charge >= 0.3 is 12.0 Å². The van der Waals surface area contributed by atoms with E-state index in [1.807, 2.05) is 38.3 Å². The van der Waals surface area contributed by atoms with Gasteiger partial charge in [-0.25, -0.2) is 9.59 Å². The third kappa shape index (κ3) is 4.74. The zero-order valence-electron chi connectivity index (χ0n) is 13.0. The van der Waals surface area contributed by atoms with Gasteiger partial charge in [-0.05, 0) is 30.7 Å². The van der Waals surface area contributed by atoms with Crippen molar-refractivity contribution in [2.75, 3.05) is 0 Å². The van der Waals surface area contributed by atoms with Crippen LogP contribution in [0, 0.1) is 5.92 Å². The fraction of sp³-hybridized carbons (Fsp3) is 0.600. The molecule has 1 aromatic heterocycles. The van der Waals surface area contributed by atoms with Crippen LogP contribution in [0.5, 0.6) is 0 Å². The minimum Gasteiger partial charge on any atom is -0.480 e. The Bertz CT molecular complexity index is 473. The molecule has 0 radical (unpaired) electrons. The van der Waals surface area contributed by atoms with Gasteiger partial charge < -0.3 is 15.7 Å². The van der Waals surface area contributed by atoms with E-state index in [4.69, 9.17) is 0 Å². The zero-order valence-corrected chi connectivity index (χ0v) is 13.8. The van der Waals surface area contributed by atoms with E-state index in [-0.39, 0.29) is 12.0 Å². The fourth-order valence-electron chi connectivity index (χ4n) is 2.19. The molecule has 2 unspecified atom stereocenters. The van der Waals surface area contributed by atoms with Gasteiger partial charge in [-0.15, -0.1) is 11.3 Å². The molecule has 0 spiro atoms. The third-order valence-electron chi connectivity index (χ3n) is 3.41. The molecule has 0 bridgehead atoms. The number of urea groups is 1. The maximum atomic E-state index is 12.2. The van der Waals surface area contributed by atoms with E-state index in [1.165, 1.54) is 6.92 Å². The predicted molar refractivity (Wildman–Crippen MR) is 84.5 cm³/mol. The predicted octanol–water partition coefficient (Wildman–Crippen LogP) is 3.39. The van der Waals surface area contributed by atoms with E-state index in [2.05, 4.69) is 10.6 Å². The van der Waals surface area contributed by atoms with Gasteiger partial charge in [0.15, 0.2) is 0 Å². The molecular formula is C15H24N2O3S. The van der Waals surface area contributed by atoms with E-state index in [1.54, 1.807) is 11.3 Å². The molecule has 0 aliphatic carbocycles. The van der Waals surface area contributed by atoms with Crippen LogP contribution < -0.4 is 10.6 Å². The average Bonchev–Trinajstić information content (AvgIpc) is 2.89. The van der Waals surface area contributed by atoms with Crippen LogP contribution in [0.15, 0.2) is 17.5 Å². The molecule has 0 aromatic carbocycles. The standard InChI is InChI=1S/C15H24N2O3S/c1-5-8-15(4,13(18)19)17-14(20)16-12(10(2)3)11-7-6-9-21-11/h6-7,9-10,12H,5,8H2,1-4H3,(H,18,19)(H2,16,17,20). The van der Waals surface area contributed by atoms with Crippen LogP contribution in [-0.2, 0) is 4.79 Å². The number of amides is 2. The van der Waals surface area contributed by atoms with Crippen molar-refractivity contribution in [2.45, 2.75) is 52.1 Å². The van der Waals surface area contributed by atoms with Crippen molar-refractivity contribution < 1.29 is 14.7 Å². The van der Waals surface area contributed by atoms with Gasteiger partial charge in [-0.2, -0.15) is 0 Å². The third-order valence-corrected chi connectivity index (χ3v) is 4.37. The molecule has 2 atom stereocenters. The summed E-state index contributed by atoms with van der Waals surface area (Å²) in [5, 5.41) is 16.7. The van der Waals surface area contributed by atoms with Gasteiger partial charge in [-0.3, -0.25) is 0 Å². The summed E-state index contributed by atoms with van der Waals surface area (Å²) in [6, 6.07) is 3.34. The summed E-state index contributed by atoms with van der Waals surface area (Å²) in [4.78, 5) is 24.6. The highest BCUT2D eigenvalue weighted by atomic mass is 32.1. The van der Waals surface area contributed by atoms with Crippen molar-refractivity contribution in [2.24, 2.45) is 5.92 Å². The Kier molecular flexibility index (Phi) is 6.20. The first kappa shape index (κ1) is 17.5. The van der Waals surface area contributed by atoms with Gasteiger partial charge in [0.25, 0.3) is 0 Å². The van der Waals surface area contributed by atoms with Crippen LogP contribution in [0.1, 0.15) is 51.5 Å². The Hall–Kier alpha value is -1.56. The lowest BCUT2D eigenvalue weighted by Crippen LogP contribution is -2.55. The summed E-state index contributed by atoms with van der Waals surface area (Å²) in [7, 11) is 0. The molecule has 1 aromatic rings. The average molecular weight is 312 g/mol.